The molecule has 3 heterocycles. The first-order valence-electron chi connectivity index (χ1n) is 9.50. The van der Waals surface area contributed by atoms with Gasteiger partial charge in [0.15, 0.2) is 0 Å². The molecule has 0 radical (unpaired) electrons. The number of H-pyrrole nitrogens is 1. The van der Waals surface area contributed by atoms with E-state index in [-0.39, 0.29) is 11.1 Å². The van der Waals surface area contributed by atoms with Gasteiger partial charge in [-0.3, -0.25) is 4.79 Å². The summed E-state index contributed by atoms with van der Waals surface area (Å²) in [5, 5.41) is 8.41. The maximum absolute atomic E-state index is 14.9. The average molecular weight is 421 g/mol. The number of nitrogens with zero attached hydrogens (tertiary/aromatic N) is 4. The van der Waals surface area contributed by atoms with Crippen LogP contribution >= 0.6 is 0 Å². The highest BCUT2D eigenvalue weighted by Crippen LogP contribution is 2.40. The van der Waals surface area contributed by atoms with Crippen molar-refractivity contribution in [3.8, 4) is 11.4 Å². The molecule has 0 fully saturated rings. The van der Waals surface area contributed by atoms with Crippen LogP contribution in [0, 0.1) is 12.7 Å². The number of alkyl halides is 3. The molecule has 4 rings (SSSR count). The van der Waals surface area contributed by atoms with Crippen molar-refractivity contribution < 1.29 is 17.6 Å². The fourth-order valence-electron chi connectivity index (χ4n) is 4.07. The summed E-state index contributed by atoms with van der Waals surface area (Å²) in [6.07, 6.45) is -2.08. The van der Waals surface area contributed by atoms with E-state index in [0.29, 0.717) is 41.8 Å². The molecule has 158 valence electrons. The zero-order valence-corrected chi connectivity index (χ0v) is 16.3. The Morgan fingerprint density at radius 2 is 1.97 bits per heavy atom. The van der Waals surface area contributed by atoms with Crippen LogP contribution in [-0.4, -0.2) is 25.0 Å². The van der Waals surface area contributed by atoms with Crippen LogP contribution in [0.1, 0.15) is 48.8 Å². The minimum Gasteiger partial charge on any atom is -0.311 e. The summed E-state index contributed by atoms with van der Waals surface area (Å²) in [5.41, 5.74) is -0.828. The Hall–Kier alpha value is -3.04. The van der Waals surface area contributed by atoms with Gasteiger partial charge in [-0.1, -0.05) is 17.7 Å². The molecule has 1 N–H and O–H groups in total. The first-order chi connectivity index (χ1) is 14.1. The second-order valence-electron chi connectivity index (χ2n) is 7.69. The topological polar surface area (TPSA) is 76.5 Å². The molecule has 10 heteroatoms. The van der Waals surface area contributed by atoms with E-state index >= 15 is 0 Å². The summed E-state index contributed by atoms with van der Waals surface area (Å²) in [6.45, 7) is 3.39. The van der Waals surface area contributed by atoms with Crippen molar-refractivity contribution in [2.24, 2.45) is 0 Å². The molecule has 2 aromatic heterocycles. The number of halogens is 4. The van der Waals surface area contributed by atoms with Crippen molar-refractivity contribution >= 4 is 0 Å². The smallest absolute Gasteiger partial charge is 0.311 e. The van der Waals surface area contributed by atoms with Gasteiger partial charge in [-0.2, -0.15) is 13.2 Å². The van der Waals surface area contributed by atoms with Gasteiger partial charge in [0, 0.05) is 11.6 Å². The fraction of sp³-hybridized carbons (Fsp3) is 0.400. The number of aromatic nitrogens is 5. The van der Waals surface area contributed by atoms with Crippen molar-refractivity contribution in [2.45, 2.75) is 51.2 Å². The summed E-state index contributed by atoms with van der Waals surface area (Å²) in [4.78, 5) is 18.7. The van der Waals surface area contributed by atoms with Gasteiger partial charge in [-0.05, 0) is 45.2 Å². The maximum atomic E-state index is 14.9. The highest BCUT2D eigenvalue weighted by molar-refractivity contribution is 5.57. The number of hydrogen-bond donors (Lipinski definition) is 1. The molecule has 3 aromatic rings. The Morgan fingerprint density at radius 3 is 2.63 bits per heavy atom. The molecular weight excluding hydrogens is 402 g/mol. The third-order valence-electron chi connectivity index (χ3n) is 5.54. The molecule has 1 aliphatic heterocycles. The largest absolute Gasteiger partial charge is 0.416 e. The third kappa shape index (κ3) is 3.40. The predicted molar refractivity (Wildman–Crippen MR) is 100 cm³/mol. The Bertz CT molecular complexity index is 1170. The molecule has 1 aliphatic rings. The van der Waals surface area contributed by atoms with Crippen molar-refractivity contribution in [1.29, 1.82) is 0 Å². The summed E-state index contributed by atoms with van der Waals surface area (Å²) in [7, 11) is 0. The minimum absolute atomic E-state index is 0.116. The van der Waals surface area contributed by atoms with Crippen LogP contribution in [0.3, 0.4) is 0 Å². The Kier molecular flexibility index (Phi) is 4.74. The highest BCUT2D eigenvalue weighted by atomic mass is 19.4. The van der Waals surface area contributed by atoms with E-state index in [1.165, 1.54) is 12.1 Å². The number of aryl methyl sites for hydroxylation is 1. The number of hydrogen-bond acceptors (Lipinski definition) is 4. The lowest BCUT2D eigenvalue weighted by atomic mass is 9.86. The van der Waals surface area contributed by atoms with Crippen LogP contribution in [0.15, 0.2) is 29.1 Å². The Balaban J connectivity index is 1.86. The lowest BCUT2D eigenvalue weighted by Crippen LogP contribution is -2.34. The SMILES string of the molecule is Cc1nc(-c2nnn3c2CCCC[C@@]3(C)c2ccc(C(F)(F)F)cc2F)cc(=O)[nH]1. The zero-order chi connectivity index (χ0) is 21.7. The van der Waals surface area contributed by atoms with Gasteiger partial charge in [0.05, 0.1) is 16.8 Å². The summed E-state index contributed by atoms with van der Waals surface area (Å²) in [5.74, 6) is -0.522. The third-order valence-corrected chi connectivity index (χ3v) is 5.54. The standard InChI is InChI=1S/C20H19F4N5O/c1-11-25-15(10-17(30)26-11)18-16-5-3-4-8-19(2,29(16)28-27-18)13-7-6-12(9-14(13)21)20(22,23)24/h6-7,9-10H,3-5,8H2,1-2H3,(H,25,26,30)/t19-/m0/s1. The monoisotopic (exact) mass is 421 g/mol. The van der Waals surface area contributed by atoms with Crippen molar-refractivity contribution in [2.75, 3.05) is 0 Å². The summed E-state index contributed by atoms with van der Waals surface area (Å²) >= 11 is 0. The fourth-order valence-corrected chi connectivity index (χ4v) is 4.07. The minimum atomic E-state index is -4.63. The molecule has 6 nitrogen and oxygen atoms in total. The lowest BCUT2D eigenvalue weighted by molar-refractivity contribution is -0.137. The Labute approximate surface area is 169 Å². The van der Waals surface area contributed by atoms with E-state index in [2.05, 4.69) is 20.3 Å². The van der Waals surface area contributed by atoms with E-state index in [0.717, 1.165) is 18.9 Å². The number of aromatic amines is 1. The van der Waals surface area contributed by atoms with Gasteiger partial charge < -0.3 is 4.98 Å². The van der Waals surface area contributed by atoms with Gasteiger partial charge in [0.25, 0.3) is 5.56 Å². The zero-order valence-electron chi connectivity index (χ0n) is 16.3. The van der Waals surface area contributed by atoms with E-state index in [9.17, 15) is 22.4 Å². The molecule has 0 amide bonds. The van der Waals surface area contributed by atoms with Gasteiger partial charge in [-0.15, -0.1) is 5.10 Å². The number of fused-ring (bicyclic) bond motifs is 1. The lowest BCUT2D eigenvalue weighted by Gasteiger charge is -2.31. The molecule has 1 aromatic carbocycles. The van der Waals surface area contributed by atoms with Gasteiger partial charge in [0.2, 0.25) is 0 Å². The summed E-state index contributed by atoms with van der Waals surface area (Å²) in [6, 6.07) is 3.89. The molecule has 0 saturated carbocycles. The van der Waals surface area contributed by atoms with Crippen LogP contribution in [0.25, 0.3) is 11.4 Å². The first-order valence-corrected chi connectivity index (χ1v) is 9.50. The van der Waals surface area contributed by atoms with E-state index in [1.54, 1.807) is 18.5 Å². The van der Waals surface area contributed by atoms with Crippen LogP contribution in [0.4, 0.5) is 17.6 Å². The molecule has 0 aliphatic carbocycles. The second-order valence-corrected chi connectivity index (χ2v) is 7.69. The molecule has 1 atom stereocenters. The van der Waals surface area contributed by atoms with Gasteiger partial charge >= 0.3 is 6.18 Å². The predicted octanol–water partition coefficient (Wildman–Crippen LogP) is 3.98. The molecule has 30 heavy (non-hydrogen) atoms. The highest BCUT2D eigenvalue weighted by Gasteiger charge is 2.39. The normalized spacial score (nSPS) is 19.4. The van der Waals surface area contributed by atoms with Crippen LogP contribution < -0.4 is 5.56 Å². The number of nitrogens with one attached hydrogen (secondary N) is 1. The molecule has 0 bridgehead atoms. The van der Waals surface area contributed by atoms with Crippen LogP contribution in [0.2, 0.25) is 0 Å². The molecule has 0 unspecified atom stereocenters. The van der Waals surface area contributed by atoms with E-state index in [4.69, 9.17) is 0 Å². The number of rotatable bonds is 2. The Morgan fingerprint density at radius 1 is 1.20 bits per heavy atom. The van der Waals surface area contributed by atoms with E-state index in [1.807, 2.05) is 0 Å². The first kappa shape index (κ1) is 20.2. The summed E-state index contributed by atoms with van der Waals surface area (Å²) < 4.78 is 55.3. The van der Waals surface area contributed by atoms with Gasteiger partial charge in [0.1, 0.15) is 23.0 Å². The van der Waals surface area contributed by atoms with Crippen LogP contribution in [-0.2, 0) is 18.1 Å². The molecular formula is C20H19F4N5O. The van der Waals surface area contributed by atoms with Gasteiger partial charge in [-0.25, -0.2) is 14.1 Å². The maximum Gasteiger partial charge on any atom is 0.416 e. The quantitative estimate of drug-likeness (QED) is 0.635. The van der Waals surface area contributed by atoms with Crippen LogP contribution in [0.5, 0.6) is 0 Å². The van der Waals surface area contributed by atoms with Crippen molar-refractivity contribution in [3.63, 3.8) is 0 Å². The molecule has 0 saturated heterocycles. The van der Waals surface area contributed by atoms with E-state index < -0.39 is 23.1 Å². The number of benzene rings is 1. The van der Waals surface area contributed by atoms with Crippen molar-refractivity contribution in [1.82, 2.24) is 25.0 Å². The van der Waals surface area contributed by atoms with Crippen molar-refractivity contribution in [3.05, 3.63) is 63.1 Å². The average Bonchev–Trinajstić information content (AvgIpc) is 3.01. The second kappa shape index (κ2) is 7.03. The molecule has 0 spiro atoms.